The van der Waals surface area contributed by atoms with E-state index >= 15 is 0 Å². The molecular weight excluding hydrogens is 188 g/mol. The monoisotopic (exact) mass is 202 g/mol. The Hall–Kier alpha value is -0.600. The summed E-state index contributed by atoms with van der Waals surface area (Å²) in [4.78, 5) is 10.3. The van der Waals surface area contributed by atoms with E-state index in [-0.39, 0.29) is 6.61 Å². The predicted octanol–water partition coefficient (Wildman–Crippen LogP) is 2.68. The molecule has 0 spiro atoms. The maximum absolute atomic E-state index is 10.3. The van der Waals surface area contributed by atoms with Crippen LogP contribution in [0.25, 0.3) is 0 Å². The van der Waals surface area contributed by atoms with Crippen LogP contribution in [0, 0.1) is 0 Å². The summed E-state index contributed by atoms with van der Waals surface area (Å²) >= 11 is 5.11. The van der Waals surface area contributed by atoms with Gasteiger partial charge < -0.3 is 4.74 Å². The average molecular weight is 203 g/mol. The van der Waals surface area contributed by atoms with Gasteiger partial charge in [0.05, 0.1) is 6.61 Å². The van der Waals surface area contributed by atoms with E-state index in [1.54, 1.807) is 0 Å². The Morgan fingerprint density at radius 1 is 1.46 bits per heavy atom. The van der Waals surface area contributed by atoms with Crippen molar-refractivity contribution in [2.24, 2.45) is 0 Å². The maximum atomic E-state index is 10.3. The first kappa shape index (κ1) is 12.4. The fourth-order valence-electron chi connectivity index (χ4n) is 0.900. The molecule has 0 N–H and O–H groups in total. The lowest BCUT2D eigenvalue weighted by atomic mass is 10.2. The molecule has 3 heteroatoms. The van der Waals surface area contributed by atoms with Gasteiger partial charge in [0.2, 0.25) is 5.24 Å². The van der Waals surface area contributed by atoms with Crippen LogP contribution in [0.1, 0.15) is 20.3 Å². The molecule has 13 heavy (non-hydrogen) atoms. The van der Waals surface area contributed by atoms with E-state index in [1.165, 1.54) is 0 Å². The maximum Gasteiger partial charge on any atom is 0.247 e. The number of hydrogen-bond acceptors (Lipinski definition) is 2. The van der Waals surface area contributed by atoms with Crippen molar-refractivity contribution < 1.29 is 9.53 Å². The van der Waals surface area contributed by atoms with Gasteiger partial charge in [0.15, 0.2) is 0 Å². The summed E-state index contributed by atoms with van der Waals surface area (Å²) in [5.41, 5.74) is 1.07. The molecule has 0 aliphatic rings. The number of carbonyl (C=O) groups is 1. The number of carbonyl (C=O) groups excluding carboxylic acids is 1. The molecule has 0 heterocycles. The van der Waals surface area contributed by atoms with E-state index in [9.17, 15) is 4.79 Å². The van der Waals surface area contributed by atoms with Gasteiger partial charge in [0, 0.05) is 0 Å². The lowest BCUT2D eigenvalue weighted by molar-refractivity contribution is -0.115. The summed E-state index contributed by atoms with van der Waals surface area (Å²) in [6, 6.07) is 0. The highest BCUT2D eigenvalue weighted by Crippen LogP contribution is 2.00. The highest BCUT2D eigenvalue weighted by atomic mass is 35.5. The van der Waals surface area contributed by atoms with Gasteiger partial charge in [-0.25, -0.2) is 0 Å². The number of rotatable bonds is 6. The van der Waals surface area contributed by atoms with Crippen molar-refractivity contribution in [1.82, 2.24) is 0 Å². The van der Waals surface area contributed by atoms with Crippen molar-refractivity contribution in [1.29, 1.82) is 0 Å². The molecule has 0 aliphatic heterocycles. The van der Waals surface area contributed by atoms with Crippen LogP contribution in [-0.4, -0.2) is 18.5 Å². The minimum absolute atomic E-state index is 0.0276. The molecule has 2 nitrogen and oxygen atoms in total. The Labute approximate surface area is 84.2 Å². The molecule has 0 aromatic rings. The lowest BCUT2D eigenvalue weighted by Gasteiger charge is -2.01. The van der Waals surface area contributed by atoms with E-state index in [4.69, 9.17) is 16.3 Å². The Morgan fingerprint density at radius 3 is 2.62 bits per heavy atom. The van der Waals surface area contributed by atoms with E-state index in [0.717, 1.165) is 12.0 Å². The van der Waals surface area contributed by atoms with Crippen molar-refractivity contribution >= 4 is 16.8 Å². The number of allylic oxidation sites excluding steroid dienone is 2. The first-order valence-corrected chi connectivity index (χ1v) is 4.66. The second-order valence-electron chi connectivity index (χ2n) is 2.54. The fraction of sp³-hybridized carbons (Fsp3) is 0.500. The molecule has 0 unspecified atom stereocenters. The van der Waals surface area contributed by atoms with Crippen LogP contribution in [0.5, 0.6) is 0 Å². The highest BCUT2D eigenvalue weighted by molar-refractivity contribution is 6.63. The van der Waals surface area contributed by atoms with E-state index in [1.807, 2.05) is 19.1 Å². The van der Waals surface area contributed by atoms with Gasteiger partial charge in [-0.2, -0.15) is 0 Å². The van der Waals surface area contributed by atoms with E-state index in [0.29, 0.717) is 6.61 Å². The molecule has 0 fully saturated rings. The molecule has 0 atom stereocenters. The third kappa shape index (κ3) is 7.75. The summed E-state index contributed by atoms with van der Waals surface area (Å²) in [6.07, 6.45) is 6.91. The van der Waals surface area contributed by atoms with Crippen molar-refractivity contribution in [3.8, 4) is 0 Å². The van der Waals surface area contributed by atoms with Gasteiger partial charge in [-0.1, -0.05) is 25.2 Å². The zero-order valence-corrected chi connectivity index (χ0v) is 8.80. The largest absolute Gasteiger partial charge is 0.368 e. The molecule has 0 aromatic carbocycles. The number of hydrogen-bond donors (Lipinski definition) is 0. The standard InChI is InChI=1S/C10H15ClO2/c1-3-5-9(6-4-2)7-13-8-10(11)12/h3,5-6H,4,7-8H2,1-2H3/b5-3-,9-6+. The van der Waals surface area contributed by atoms with E-state index < -0.39 is 5.24 Å². The van der Waals surface area contributed by atoms with Crippen molar-refractivity contribution in [3.63, 3.8) is 0 Å². The normalized spacial score (nSPS) is 12.4. The van der Waals surface area contributed by atoms with Gasteiger partial charge in [0.25, 0.3) is 0 Å². The van der Waals surface area contributed by atoms with Gasteiger partial charge in [-0.05, 0) is 30.5 Å². The SMILES string of the molecule is C/C=C\C(=C/CC)COCC(=O)Cl. The van der Waals surface area contributed by atoms with Gasteiger partial charge in [-0.15, -0.1) is 0 Å². The summed E-state index contributed by atoms with van der Waals surface area (Å²) in [5.74, 6) is 0. The average Bonchev–Trinajstić information content (AvgIpc) is 2.04. The van der Waals surface area contributed by atoms with Crippen LogP contribution in [0.4, 0.5) is 0 Å². The third-order valence-corrected chi connectivity index (χ3v) is 1.44. The molecule has 0 bridgehead atoms. The smallest absolute Gasteiger partial charge is 0.247 e. The second kappa shape index (κ2) is 8.02. The summed E-state index contributed by atoms with van der Waals surface area (Å²) in [6.45, 7) is 4.41. The minimum atomic E-state index is -0.462. The molecule has 0 rings (SSSR count). The zero-order chi connectivity index (χ0) is 10.1. The zero-order valence-electron chi connectivity index (χ0n) is 8.05. The predicted molar refractivity (Wildman–Crippen MR) is 54.9 cm³/mol. The first-order valence-electron chi connectivity index (χ1n) is 4.28. The summed E-state index contributed by atoms with van der Waals surface area (Å²) in [7, 11) is 0. The van der Waals surface area contributed by atoms with Crippen LogP contribution in [-0.2, 0) is 9.53 Å². The van der Waals surface area contributed by atoms with Gasteiger partial charge >= 0.3 is 0 Å². The quantitative estimate of drug-likeness (QED) is 0.489. The summed E-state index contributed by atoms with van der Waals surface area (Å²) in [5, 5.41) is -0.462. The second-order valence-corrected chi connectivity index (χ2v) is 2.96. The van der Waals surface area contributed by atoms with Crippen molar-refractivity contribution in [2.45, 2.75) is 20.3 Å². The Morgan fingerprint density at radius 2 is 2.15 bits per heavy atom. The van der Waals surface area contributed by atoms with Crippen LogP contribution in [0.15, 0.2) is 23.8 Å². The Balaban J connectivity index is 3.83. The number of halogens is 1. The first-order chi connectivity index (χ1) is 6.20. The van der Waals surface area contributed by atoms with Crippen LogP contribution >= 0.6 is 11.6 Å². The van der Waals surface area contributed by atoms with Gasteiger partial charge in [-0.3, -0.25) is 4.79 Å². The lowest BCUT2D eigenvalue weighted by Crippen LogP contribution is -2.04. The molecule has 0 aromatic heterocycles. The molecule has 0 radical (unpaired) electrons. The highest BCUT2D eigenvalue weighted by Gasteiger charge is 1.96. The molecule has 0 saturated heterocycles. The Kier molecular flexibility index (Phi) is 7.65. The van der Waals surface area contributed by atoms with Crippen molar-refractivity contribution in [3.05, 3.63) is 23.8 Å². The molecule has 0 saturated carbocycles. The molecular formula is C10H15ClO2. The van der Waals surface area contributed by atoms with Crippen LogP contribution in [0.2, 0.25) is 0 Å². The molecule has 0 amide bonds. The third-order valence-electron chi connectivity index (χ3n) is 1.33. The topological polar surface area (TPSA) is 26.3 Å². The van der Waals surface area contributed by atoms with Crippen LogP contribution in [0.3, 0.4) is 0 Å². The van der Waals surface area contributed by atoms with Gasteiger partial charge in [0.1, 0.15) is 6.61 Å². The fourth-order valence-corrected chi connectivity index (χ4v) is 0.978. The minimum Gasteiger partial charge on any atom is -0.368 e. The molecule has 0 aliphatic carbocycles. The van der Waals surface area contributed by atoms with Crippen LogP contribution < -0.4 is 0 Å². The van der Waals surface area contributed by atoms with Crippen molar-refractivity contribution in [2.75, 3.05) is 13.2 Å². The van der Waals surface area contributed by atoms with E-state index in [2.05, 4.69) is 13.0 Å². The Bertz CT molecular complexity index is 207. The number of ether oxygens (including phenoxy) is 1. The summed E-state index contributed by atoms with van der Waals surface area (Å²) < 4.78 is 5.06. The molecule has 74 valence electrons.